The van der Waals surface area contributed by atoms with Gasteiger partial charge >= 0.3 is 6.09 Å². The van der Waals surface area contributed by atoms with E-state index in [9.17, 15) is 29.1 Å². The van der Waals surface area contributed by atoms with Gasteiger partial charge in [0, 0.05) is 26.2 Å². The van der Waals surface area contributed by atoms with Gasteiger partial charge in [0.15, 0.2) is 8.32 Å². The van der Waals surface area contributed by atoms with Crippen LogP contribution in [0.5, 0.6) is 0 Å². The highest BCUT2D eigenvalue weighted by Crippen LogP contribution is 2.38. The number of aliphatic hydroxyl groups is 1. The summed E-state index contributed by atoms with van der Waals surface area (Å²) >= 11 is 0. The first-order valence-corrected chi connectivity index (χ1v) is 18.8. The molecule has 0 aromatic heterocycles. The van der Waals surface area contributed by atoms with Crippen LogP contribution in [0.2, 0.25) is 18.1 Å². The lowest BCUT2D eigenvalue weighted by Gasteiger charge is -2.40. The standard InChI is InChI=1S/C32H51N5O8Si/c1-20(38)25(27(33)39)34-28(40)23-13-15-36(17-23)29(41)24-14-16-37(18-24)30(42)26(21(2)45-46(6,7)32(3,4)5)35-31(43)44-19-22-11-9-8-10-12-22/h8-12,20-21,23-26,38H,13-19H2,1-7H3,(H2,33,39)(H,34,40)(H,35,43)/t20-,21-,23+,24+,25+,26+/m1/s1. The molecule has 1 aromatic rings. The van der Waals surface area contributed by atoms with Gasteiger partial charge in [-0.15, -0.1) is 0 Å². The number of benzene rings is 1. The van der Waals surface area contributed by atoms with E-state index in [4.69, 9.17) is 14.9 Å². The van der Waals surface area contributed by atoms with Gasteiger partial charge in [0.05, 0.1) is 24.0 Å². The number of ether oxygens (including phenoxy) is 1. The summed E-state index contributed by atoms with van der Waals surface area (Å²) < 4.78 is 11.9. The Hall–Kier alpha value is -3.49. The minimum Gasteiger partial charge on any atom is -0.445 e. The van der Waals surface area contributed by atoms with Crippen molar-refractivity contribution in [3.63, 3.8) is 0 Å². The first-order valence-electron chi connectivity index (χ1n) is 15.9. The molecule has 0 aliphatic carbocycles. The monoisotopic (exact) mass is 661 g/mol. The number of carbonyl (C=O) groups is 5. The summed E-state index contributed by atoms with van der Waals surface area (Å²) in [6.07, 6.45) is -1.71. The van der Waals surface area contributed by atoms with E-state index in [-0.39, 0.29) is 36.5 Å². The molecule has 256 valence electrons. The molecular weight excluding hydrogens is 610 g/mol. The van der Waals surface area contributed by atoms with Crippen molar-refractivity contribution >= 4 is 38.0 Å². The van der Waals surface area contributed by atoms with Crippen molar-refractivity contribution in [3.05, 3.63) is 35.9 Å². The molecule has 1 aromatic carbocycles. The number of hydrogen-bond acceptors (Lipinski definition) is 8. The van der Waals surface area contributed by atoms with E-state index in [1.807, 2.05) is 30.3 Å². The molecule has 2 heterocycles. The highest BCUT2D eigenvalue weighted by molar-refractivity contribution is 6.74. The number of amides is 5. The van der Waals surface area contributed by atoms with Crippen molar-refractivity contribution in [2.45, 2.75) is 96.5 Å². The quantitative estimate of drug-likeness (QED) is 0.245. The van der Waals surface area contributed by atoms with E-state index in [0.29, 0.717) is 25.9 Å². The number of nitrogens with one attached hydrogen (secondary N) is 2. The number of aliphatic hydroxyl groups excluding tert-OH is 1. The van der Waals surface area contributed by atoms with Crippen molar-refractivity contribution in [1.82, 2.24) is 20.4 Å². The highest BCUT2D eigenvalue weighted by atomic mass is 28.4. The lowest BCUT2D eigenvalue weighted by molar-refractivity contribution is -0.136. The molecule has 46 heavy (non-hydrogen) atoms. The van der Waals surface area contributed by atoms with Crippen molar-refractivity contribution < 1.29 is 38.2 Å². The minimum absolute atomic E-state index is 0.0441. The van der Waals surface area contributed by atoms with Crippen LogP contribution in [-0.2, 0) is 34.9 Å². The zero-order valence-electron chi connectivity index (χ0n) is 28.1. The van der Waals surface area contributed by atoms with E-state index in [2.05, 4.69) is 44.5 Å². The third-order valence-corrected chi connectivity index (χ3v) is 13.9. The maximum Gasteiger partial charge on any atom is 0.408 e. The summed E-state index contributed by atoms with van der Waals surface area (Å²) in [7, 11) is -2.32. The Bertz CT molecular complexity index is 1250. The second-order valence-corrected chi connectivity index (χ2v) is 18.7. The number of rotatable bonds is 12. The Morgan fingerprint density at radius 1 is 0.957 bits per heavy atom. The third-order valence-electron chi connectivity index (χ3n) is 9.31. The largest absolute Gasteiger partial charge is 0.445 e. The Kier molecular flexibility index (Phi) is 12.4. The van der Waals surface area contributed by atoms with Crippen molar-refractivity contribution in [1.29, 1.82) is 0 Å². The summed E-state index contributed by atoms with van der Waals surface area (Å²) in [6, 6.07) is 6.98. The molecule has 2 aliphatic rings. The molecule has 6 atom stereocenters. The Labute approximate surface area is 272 Å². The van der Waals surface area contributed by atoms with E-state index in [1.54, 1.807) is 16.7 Å². The maximum absolute atomic E-state index is 13.9. The van der Waals surface area contributed by atoms with Crippen LogP contribution in [0.1, 0.15) is 53.0 Å². The summed E-state index contributed by atoms with van der Waals surface area (Å²) in [5, 5.41) is 14.9. The van der Waals surface area contributed by atoms with Crippen LogP contribution in [0.4, 0.5) is 4.79 Å². The van der Waals surface area contributed by atoms with Crippen molar-refractivity contribution in [3.8, 4) is 0 Å². The zero-order valence-corrected chi connectivity index (χ0v) is 29.1. The molecule has 5 amide bonds. The topological polar surface area (TPSA) is 181 Å². The first kappa shape index (κ1) is 37.0. The van der Waals surface area contributed by atoms with Gasteiger partial charge in [-0.3, -0.25) is 19.2 Å². The van der Waals surface area contributed by atoms with Gasteiger partial charge in [0.1, 0.15) is 18.7 Å². The van der Waals surface area contributed by atoms with Crippen LogP contribution in [0.3, 0.4) is 0 Å². The van der Waals surface area contributed by atoms with Gasteiger partial charge in [-0.1, -0.05) is 51.1 Å². The lowest BCUT2D eigenvalue weighted by atomic mass is 10.1. The number of primary amides is 1. The number of carbonyl (C=O) groups excluding carboxylic acids is 5. The lowest BCUT2D eigenvalue weighted by Crippen LogP contribution is -2.57. The van der Waals surface area contributed by atoms with Crippen LogP contribution >= 0.6 is 0 Å². The van der Waals surface area contributed by atoms with Crippen LogP contribution in [0.15, 0.2) is 30.3 Å². The summed E-state index contributed by atoms with van der Waals surface area (Å²) in [4.78, 5) is 67.8. The van der Waals surface area contributed by atoms with E-state index in [1.165, 1.54) is 6.92 Å². The predicted molar refractivity (Wildman–Crippen MR) is 173 cm³/mol. The van der Waals surface area contributed by atoms with Gasteiger partial charge in [-0.2, -0.15) is 0 Å². The van der Waals surface area contributed by atoms with E-state index in [0.717, 1.165) is 5.56 Å². The fourth-order valence-corrected chi connectivity index (χ4v) is 6.89. The van der Waals surface area contributed by atoms with Gasteiger partial charge in [-0.05, 0) is 50.4 Å². The molecule has 3 rings (SSSR count). The average molecular weight is 662 g/mol. The van der Waals surface area contributed by atoms with E-state index < -0.39 is 62.4 Å². The Morgan fingerprint density at radius 2 is 1.54 bits per heavy atom. The average Bonchev–Trinajstić information content (AvgIpc) is 3.67. The molecule has 0 saturated carbocycles. The van der Waals surface area contributed by atoms with Crippen LogP contribution in [0, 0.1) is 11.8 Å². The molecule has 2 saturated heterocycles. The summed E-state index contributed by atoms with van der Waals surface area (Å²) in [6.45, 7) is 14.6. The first-order chi connectivity index (χ1) is 21.4. The normalized spacial score (nSPS) is 21.2. The van der Waals surface area contributed by atoms with Crippen LogP contribution < -0.4 is 16.4 Å². The maximum atomic E-state index is 13.9. The van der Waals surface area contributed by atoms with Crippen LogP contribution in [-0.4, -0.2) is 103 Å². The fraction of sp³-hybridized carbons (Fsp3) is 0.656. The molecule has 2 aliphatic heterocycles. The van der Waals surface area contributed by atoms with Crippen LogP contribution in [0.25, 0.3) is 0 Å². The van der Waals surface area contributed by atoms with Gasteiger partial charge in [0.25, 0.3) is 0 Å². The van der Waals surface area contributed by atoms with Gasteiger partial charge in [0.2, 0.25) is 23.6 Å². The van der Waals surface area contributed by atoms with Gasteiger partial charge in [-0.25, -0.2) is 4.79 Å². The number of nitrogens with two attached hydrogens (primary N) is 1. The molecule has 0 bridgehead atoms. The number of nitrogens with zero attached hydrogens (tertiary/aromatic N) is 2. The second kappa shape index (κ2) is 15.4. The zero-order chi connectivity index (χ0) is 34.4. The Balaban J connectivity index is 1.65. The van der Waals surface area contributed by atoms with Crippen molar-refractivity contribution in [2.75, 3.05) is 26.2 Å². The van der Waals surface area contributed by atoms with Gasteiger partial charge < -0.3 is 40.4 Å². The van der Waals surface area contributed by atoms with E-state index >= 15 is 0 Å². The molecule has 14 heteroatoms. The molecule has 5 N–H and O–H groups in total. The van der Waals surface area contributed by atoms with Crippen molar-refractivity contribution in [2.24, 2.45) is 17.6 Å². The highest BCUT2D eigenvalue weighted by Gasteiger charge is 2.44. The Morgan fingerprint density at radius 3 is 2.13 bits per heavy atom. The molecule has 0 radical (unpaired) electrons. The fourth-order valence-electron chi connectivity index (χ4n) is 5.47. The number of likely N-dealkylation sites (tertiary alicyclic amines) is 2. The molecular formula is C32H51N5O8Si. The minimum atomic E-state index is -2.32. The smallest absolute Gasteiger partial charge is 0.408 e. The molecule has 0 spiro atoms. The molecule has 2 fully saturated rings. The molecule has 13 nitrogen and oxygen atoms in total. The number of alkyl carbamates (subject to hydrolysis) is 1. The third kappa shape index (κ3) is 9.52. The number of hydrogen-bond donors (Lipinski definition) is 4. The second-order valence-electron chi connectivity index (χ2n) is 13.9. The SMILES string of the molecule is C[C@@H](O)[C@H](NC(=O)[C@H]1CCN(C(=O)[C@H]2CCN(C(=O)[C@@H](NC(=O)OCc3ccccc3)[C@@H](C)O[Si](C)(C)C(C)(C)C)C2)C1)C(N)=O. The predicted octanol–water partition coefficient (Wildman–Crippen LogP) is 1.74. The summed E-state index contributed by atoms with van der Waals surface area (Å²) in [5.41, 5.74) is 6.10. The molecule has 0 unspecified atom stereocenters. The summed E-state index contributed by atoms with van der Waals surface area (Å²) in [5.74, 6) is -2.83.